The van der Waals surface area contributed by atoms with Crippen molar-refractivity contribution in [1.82, 2.24) is 10.2 Å². The Bertz CT molecular complexity index is 418. The highest BCUT2D eigenvalue weighted by Crippen LogP contribution is 2.25. The molecule has 0 aromatic heterocycles. The Labute approximate surface area is 108 Å². The van der Waals surface area contributed by atoms with E-state index in [9.17, 15) is 4.79 Å². The van der Waals surface area contributed by atoms with Crippen LogP contribution in [0.25, 0.3) is 0 Å². The maximum Gasteiger partial charge on any atom is 0.254 e. The third kappa shape index (κ3) is 1.73. The van der Waals surface area contributed by atoms with Gasteiger partial charge in [-0.2, -0.15) is 0 Å². The van der Waals surface area contributed by atoms with Crippen LogP contribution in [0.3, 0.4) is 0 Å². The van der Waals surface area contributed by atoms with Crippen molar-refractivity contribution in [2.24, 2.45) is 0 Å². The molecule has 2 atom stereocenters. The van der Waals surface area contributed by atoms with Crippen LogP contribution in [0, 0.1) is 3.57 Å². The molecule has 2 bridgehead atoms. The van der Waals surface area contributed by atoms with Gasteiger partial charge in [0.05, 0.1) is 0 Å². The van der Waals surface area contributed by atoms with E-state index in [4.69, 9.17) is 0 Å². The van der Waals surface area contributed by atoms with Crippen molar-refractivity contribution < 1.29 is 4.79 Å². The fourth-order valence-electron chi connectivity index (χ4n) is 2.57. The van der Waals surface area contributed by atoms with Gasteiger partial charge >= 0.3 is 0 Å². The number of carbonyl (C=O) groups is 1. The molecule has 1 amide bonds. The topological polar surface area (TPSA) is 32.3 Å². The Kier molecular flexibility index (Phi) is 2.63. The SMILES string of the molecule is O=C(c1ccc(I)cc1)N1C[C@@H]2C[C@H]1CN2. The molecule has 2 aliphatic rings. The Morgan fingerprint density at radius 2 is 2.12 bits per heavy atom. The summed E-state index contributed by atoms with van der Waals surface area (Å²) >= 11 is 2.25. The number of hydrogen-bond acceptors (Lipinski definition) is 2. The smallest absolute Gasteiger partial charge is 0.254 e. The number of hydrogen-bond donors (Lipinski definition) is 1. The summed E-state index contributed by atoms with van der Waals surface area (Å²) in [5, 5.41) is 3.41. The Morgan fingerprint density at radius 3 is 2.69 bits per heavy atom. The third-order valence-electron chi connectivity index (χ3n) is 3.41. The number of nitrogens with zero attached hydrogens (tertiary/aromatic N) is 1. The van der Waals surface area contributed by atoms with E-state index in [-0.39, 0.29) is 5.91 Å². The second-order valence-corrected chi connectivity index (χ2v) is 5.70. The molecule has 2 heterocycles. The largest absolute Gasteiger partial charge is 0.333 e. The molecule has 2 saturated heterocycles. The van der Waals surface area contributed by atoms with E-state index < -0.39 is 0 Å². The summed E-state index contributed by atoms with van der Waals surface area (Å²) in [6.45, 7) is 1.83. The number of benzene rings is 1. The molecule has 0 radical (unpaired) electrons. The van der Waals surface area contributed by atoms with Gasteiger partial charge in [0.2, 0.25) is 0 Å². The van der Waals surface area contributed by atoms with E-state index in [1.807, 2.05) is 29.2 Å². The molecule has 2 aliphatic heterocycles. The third-order valence-corrected chi connectivity index (χ3v) is 4.13. The van der Waals surface area contributed by atoms with Gasteiger partial charge in [0.1, 0.15) is 0 Å². The van der Waals surface area contributed by atoms with Gasteiger partial charge in [-0.3, -0.25) is 4.79 Å². The summed E-state index contributed by atoms with van der Waals surface area (Å²) < 4.78 is 1.17. The lowest BCUT2D eigenvalue weighted by Crippen LogP contribution is -2.46. The zero-order valence-electron chi connectivity index (χ0n) is 8.82. The predicted molar refractivity (Wildman–Crippen MR) is 70.4 cm³/mol. The highest BCUT2D eigenvalue weighted by atomic mass is 127. The Morgan fingerprint density at radius 1 is 1.38 bits per heavy atom. The van der Waals surface area contributed by atoms with Crippen molar-refractivity contribution >= 4 is 28.5 Å². The molecule has 1 aromatic carbocycles. The zero-order chi connectivity index (χ0) is 11.1. The number of nitrogens with one attached hydrogen (secondary N) is 1. The number of halogens is 1. The fourth-order valence-corrected chi connectivity index (χ4v) is 2.93. The lowest BCUT2D eigenvalue weighted by Gasteiger charge is -2.27. The van der Waals surface area contributed by atoms with Crippen LogP contribution in [0.15, 0.2) is 24.3 Å². The minimum Gasteiger partial charge on any atom is -0.333 e. The van der Waals surface area contributed by atoms with E-state index in [1.165, 1.54) is 3.57 Å². The summed E-state index contributed by atoms with van der Waals surface area (Å²) in [7, 11) is 0. The quantitative estimate of drug-likeness (QED) is 0.792. The highest BCUT2D eigenvalue weighted by molar-refractivity contribution is 14.1. The maximum absolute atomic E-state index is 12.2. The van der Waals surface area contributed by atoms with E-state index in [1.54, 1.807) is 0 Å². The van der Waals surface area contributed by atoms with Crippen molar-refractivity contribution in [1.29, 1.82) is 0 Å². The van der Waals surface area contributed by atoms with Gasteiger partial charge in [-0.15, -0.1) is 0 Å². The molecule has 16 heavy (non-hydrogen) atoms. The molecule has 3 rings (SSSR count). The molecule has 4 heteroatoms. The predicted octanol–water partition coefficient (Wildman–Crippen LogP) is 1.48. The summed E-state index contributed by atoms with van der Waals surface area (Å²) in [5.74, 6) is 0.186. The van der Waals surface area contributed by atoms with Crippen LogP contribution in [0.1, 0.15) is 16.8 Å². The van der Waals surface area contributed by atoms with Crippen LogP contribution in [0.5, 0.6) is 0 Å². The van der Waals surface area contributed by atoms with E-state index >= 15 is 0 Å². The van der Waals surface area contributed by atoms with E-state index in [0.717, 1.165) is 25.1 Å². The van der Waals surface area contributed by atoms with Crippen LogP contribution in [0.2, 0.25) is 0 Å². The van der Waals surface area contributed by atoms with Gasteiger partial charge in [0.15, 0.2) is 0 Å². The van der Waals surface area contributed by atoms with Gasteiger partial charge < -0.3 is 10.2 Å². The van der Waals surface area contributed by atoms with Crippen molar-refractivity contribution in [3.63, 3.8) is 0 Å². The molecule has 84 valence electrons. The average Bonchev–Trinajstić information content (AvgIpc) is 2.91. The summed E-state index contributed by atoms with van der Waals surface area (Å²) in [5.41, 5.74) is 0.813. The summed E-state index contributed by atoms with van der Waals surface area (Å²) in [4.78, 5) is 14.3. The van der Waals surface area contributed by atoms with Crippen molar-refractivity contribution in [3.8, 4) is 0 Å². The van der Waals surface area contributed by atoms with Crippen molar-refractivity contribution in [3.05, 3.63) is 33.4 Å². The maximum atomic E-state index is 12.2. The zero-order valence-corrected chi connectivity index (χ0v) is 11.0. The normalized spacial score (nSPS) is 27.4. The lowest BCUT2D eigenvalue weighted by molar-refractivity contribution is 0.0716. The summed E-state index contributed by atoms with van der Waals surface area (Å²) in [6, 6.07) is 8.75. The van der Waals surface area contributed by atoms with Crippen LogP contribution < -0.4 is 5.32 Å². The van der Waals surface area contributed by atoms with Gasteiger partial charge in [0, 0.05) is 34.3 Å². The number of fused-ring (bicyclic) bond motifs is 2. The molecule has 0 saturated carbocycles. The second-order valence-electron chi connectivity index (χ2n) is 4.46. The monoisotopic (exact) mass is 328 g/mol. The Balaban J connectivity index is 1.80. The minimum absolute atomic E-state index is 0.186. The molecule has 2 fully saturated rings. The first-order chi connectivity index (χ1) is 7.74. The molecule has 1 N–H and O–H groups in total. The van der Waals surface area contributed by atoms with E-state index in [0.29, 0.717) is 12.1 Å². The van der Waals surface area contributed by atoms with Crippen LogP contribution in [0.4, 0.5) is 0 Å². The van der Waals surface area contributed by atoms with Crippen molar-refractivity contribution in [2.75, 3.05) is 13.1 Å². The van der Waals surface area contributed by atoms with Crippen LogP contribution in [-0.2, 0) is 0 Å². The van der Waals surface area contributed by atoms with Crippen molar-refractivity contribution in [2.45, 2.75) is 18.5 Å². The number of piperazine rings is 1. The van der Waals surface area contributed by atoms with Crippen LogP contribution >= 0.6 is 22.6 Å². The van der Waals surface area contributed by atoms with Gasteiger partial charge in [-0.25, -0.2) is 0 Å². The lowest BCUT2D eigenvalue weighted by atomic mass is 10.2. The molecular weight excluding hydrogens is 315 g/mol. The standard InChI is InChI=1S/C12H13IN2O/c13-9-3-1-8(2-4-9)12(16)15-7-10-5-11(15)6-14-10/h1-4,10-11,14H,5-7H2/t10-,11-/m0/s1. The highest BCUT2D eigenvalue weighted by Gasteiger charge is 2.40. The number of likely N-dealkylation sites (tertiary alicyclic amines) is 1. The summed E-state index contributed by atoms with van der Waals surface area (Å²) in [6.07, 6.45) is 1.12. The van der Waals surface area contributed by atoms with Gasteiger partial charge in [-0.1, -0.05) is 0 Å². The fraction of sp³-hybridized carbons (Fsp3) is 0.417. The minimum atomic E-state index is 0.186. The van der Waals surface area contributed by atoms with E-state index in [2.05, 4.69) is 27.9 Å². The number of amides is 1. The van der Waals surface area contributed by atoms with Gasteiger partial charge in [0.25, 0.3) is 5.91 Å². The number of carbonyl (C=O) groups excluding carboxylic acids is 1. The molecule has 3 nitrogen and oxygen atoms in total. The average molecular weight is 328 g/mol. The second kappa shape index (κ2) is 4.00. The molecule has 0 spiro atoms. The Hall–Kier alpha value is -0.620. The molecule has 1 aromatic rings. The number of rotatable bonds is 1. The molecule has 0 unspecified atom stereocenters. The molecular formula is C12H13IN2O. The first-order valence-corrected chi connectivity index (χ1v) is 6.62. The van der Waals surface area contributed by atoms with Crippen LogP contribution in [-0.4, -0.2) is 36.0 Å². The first kappa shape index (κ1) is 10.5. The molecule has 0 aliphatic carbocycles. The van der Waals surface area contributed by atoms with Gasteiger partial charge in [-0.05, 0) is 53.3 Å². The first-order valence-electron chi connectivity index (χ1n) is 5.54.